The number of nitriles is 1. The van der Waals surface area contributed by atoms with Crippen molar-refractivity contribution >= 4 is 38.8 Å². The van der Waals surface area contributed by atoms with Crippen molar-refractivity contribution in [2.24, 2.45) is 0 Å². The van der Waals surface area contributed by atoms with Crippen LogP contribution < -0.4 is 25.3 Å². The minimum Gasteiger partial charge on any atom is -0.457 e. The molecule has 0 spiro atoms. The lowest BCUT2D eigenvalue weighted by Gasteiger charge is -2.23. The number of nitrogens with one attached hydrogen (secondary N) is 1. The number of anilines is 2. The number of benzene rings is 2. The molecule has 3 N–H and O–H groups in total. The van der Waals surface area contributed by atoms with Gasteiger partial charge in [0.2, 0.25) is 22.3 Å². The molecule has 0 aliphatic carbocycles. The number of ether oxygens (including phenoxy) is 3. The summed E-state index contributed by atoms with van der Waals surface area (Å²) in [6, 6.07) is 12.2. The second-order valence-electron chi connectivity index (χ2n) is 7.71. The zero-order valence-corrected chi connectivity index (χ0v) is 20.1. The van der Waals surface area contributed by atoms with Crippen LogP contribution in [0.4, 0.5) is 11.4 Å². The van der Waals surface area contributed by atoms with Crippen molar-refractivity contribution in [3.8, 4) is 35.3 Å². The van der Waals surface area contributed by atoms with E-state index in [0.717, 1.165) is 0 Å². The van der Waals surface area contributed by atoms with E-state index in [0.29, 0.717) is 10.9 Å². The minimum atomic E-state index is -2.69. The van der Waals surface area contributed by atoms with E-state index in [1.807, 2.05) is 6.07 Å². The zero-order chi connectivity index (χ0) is 26.7. The van der Waals surface area contributed by atoms with E-state index in [4.69, 9.17) is 25.2 Å². The van der Waals surface area contributed by atoms with E-state index < -0.39 is 22.3 Å². The number of aromatic nitrogens is 2. The summed E-state index contributed by atoms with van der Waals surface area (Å²) in [6.07, 6.45) is -1.49. The van der Waals surface area contributed by atoms with Gasteiger partial charge < -0.3 is 30.2 Å². The first kappa shape index (κ1) is 24.9. The Morgan fingerprint density at radius 1 is 1.19 bits per heavy atom. The normalized spacial score (nSPS) is 13.8. The van der Waals surface area contributed by atoms with E-state index in [-0.39, 0.29) is 52.1 Å². The van der Waals surface area contributed by atoms with Gasteiger partial charge in [-0.05, 0) is 30.3 Å². The highest BCUT2D eigenvalue weighted by atomic mass is 32.2. The summed E-state index contributed by atoms with van der Waals surface area (Å²) in [5, 5.41) is 12.2. The topological polar surface area (TPSA) is 187 Å². The quantitative estimate of drug-likeness (QED) is 0.353. The van der Waals surface area contributed by atoms with Gasteiger partial charge in [-0.2, -0.15) is 23.6 Å². The number of amides is 2. The number of nitrogen functional groups attached to an aromatic ring is 1. The van der Waals surface area contributed by atoms with Gasteiger partial charge in [-0.1, -0.05) is 6.07 Å². The molecule has 0 saturated carbocycles. The number of hydrogen-bond acceptors (Lipinski definition) is 11. The molecule has 2 amide bonds. The highest BCUT2D eigenvalue weighted by molar-refractivity contribution is 7.71. The number of hydrogen-bond donors (Lipinski definition) is 2. The lowest BCUT2D eigenvalue weighted by atomic mass is 10.2. The average molecular weight is 522 g/mol. The smallest absolute Gasteiger partial charge is 0.328 e. The van der Waals surface area contributed by atoms with Crippen LogP contribution in [0.2, 0.25) is 0 Å². The van der Waals surface area contributed by atoms with Gasteiger partial charge >= 0.3 is 6.01 Å². The summed E-state index contributed by atoms with van der Waals surface area (Å²) in [6.45, 7) is 0. The van der Waals surface area contributed by atoms with Crippen molar-refractivity contribution in [3.05, 3.63) is 53.6 Å². The number of nitrogens with two attached hydrogens (primary N) is 1. The van der Waals surface area contributed by atoms with Crippen molar-refractivity contribution in [2.75, 3.05) is 25.1 Å². The molecular weight excluding hydrogens is 504 g/mol. The van der Waals surface area contributed by atoms with E-state index in [1.54, 1.807) is 32.3 Å². The Morgan fingerprint density at radius 2 is 1.95 bits per heavy atom. The molecule has 1 aromatic heterocycles. The minimum absolute atomic E-state index is 0.0850. The molecule has 2 aromatic carbocycles. The van der Waals surface area contributed by atoms with Crippen molar-refractivity contribution in [2.45, 2.75) is 6.10 Å². The largest absolute Gasteiger partial charge is 0.457 e. The molecule has 13 nitrogen and oxygen atoms in total. The third kappa shape index (κ3) is 5.57. The second kappa shape index (κ2) is 10.2. The zero-order valence-electron chi connectivity index (χ0n) is 19.3. The number of carbonyl (C=O) groups excluding carboxylic acids is 2. The first-order valence-corrected chi connectivity index (χ1v) is 11.6. The monoisotopic (exact) mass is 522 g/mol. The molecular formula is C23H18N6O7S. The fourth-order valence-electron chi connectivity index (χ4n) is 3.15. The van der Waals surface area contributed by atoms with Gasteiger partial charge in [-0.15, -0.1) is 0 Å². The van der Waals surface area contributed by atoms with Gasteiger partial charge in [0.25, 0.3) is 17.7 Å². The van der Waals surface area contributed by atoms with E-state index in [9.17, 15) is 18.0 Å². The van der Waals surface area contributed by atoms with Crippen LogP contribution in [0, 0.1) is 11.3 Å². The molecule has 2 heterocycles. The van der Waals surface area contributed by atoms with Crippen LogP contribution in [0.25, 0.3) is 0 Å². The summed E-state index contributed by atoms with van der Waals surface area (Å²) < 4.78 is 39.2. The summed E-state index contributed by atoms with van der Waals surface area (Å²) in [5.41, 5.74) is 6.50. The molecule has 14 heteroatoms. The molecule has 3 aromatic rings. The van der Waals surface area contributed by atoms with Crippen LogP contribution in [0.3, 0.4) is 0 Å². The van der Waals surface area contributed by atoms with Crippen LogP contribution in [0.1, 0.15) is 15.9 Å². The fourth-order valence-corrected chi connectivity index (χ4v) is 3.53. The molecule has 1 aliphatic heterocycles. The van der Waals surface area contributed by atoms with Gasteiger partial charge in [0, 0.05) is 25.7 Å². The summed E-state index contributed by atoms with van der Waals surface area (Å²) in [7, 11) is 0.520. The molecule has 0 fully saturated rings. The van der Waals surface area contributed by atoms with E-state index >= 15 is 0 Å². The molecule has 0 saturated heterocycles. The predicted octanol–water partition coefficient (Wildman–Crippen LogP) is 1.60. The Labute approximate surface area is 211 Å². The van der Waals surface area contributed by atoms with Gasteiger partial charge in [0.05, 0.1) is 16.6 Å². The molecule has 4 rings (SSSR count). The third-order valence-electron chi connectivity index (χ3n) is 4.86. The molecule has 1 atom stereocenters. The lowest BCUT2D eigenvalue weighted by molar-refractivity contribution is -0.120. The van der Waals surface area contributed by atoms with Crippen LogP contribution in [0.5, 0.6) is 29.3 Å². The van der Waals surface area contributed by atoms with E-state index in [2.05, 4.69) is 15.3 Å². The highest BCUT2D eigenvalue weighted by Gasteiger charge is 2.32. The Kier molecular flexibility index (Phi) is 6.89. The summed E-state index contributed by atoms with van der Waals surface area (Å²) in [4.78, 5) is 34.4. The van der Waals surface area contributed by atoms with Crippen LogP contribution in [-0.2, 0) is 15.1 Å². The first-order valence-electron chi connectivity index (χ1n) is 10.4. The van der Waals surface area contributed by atoms with Gasteiger partial charge in [-0.25, -0.2) is 0 Å². The molecule has 0 radical (unpaired) electrons. The molecule has 37 heavy (non-hydrogen) atoms. The van der Waals surface area contributed by atoms with Gasteiger partial charge in [-0.3, -0.25) is 9.59 Å². The van der Waals surface area contributed by atoms with E-state index in [1.165, 1.54) is 29.2 Å². The third-order valence-corrected chi connectivity index (χ3v) is 5.33. The summed E-state index contributed by atoms with van der Waals surface area (Å²) >= 11 is 0. The average Bonchev–Trinajstić information content (AvgIpc) is 2.84. The Morgan fingerprint density at radius 3 is 2.62 bits per heavy atom. The SMILES string of the molecule is CN(C)C(=O)c1cccc(Oc2nc(Oc3ccc(C#N)c(N)c3)c3c(n2)OC(C=S(=O)=O)C(=O)N3)c1. The van der Waals surface area contributed by atoms with Gasteiger partial charge in [0.1, 0.15) is 17.6 Å². The standard InChI is InChI=1S/C23H18N6O7S/c1-29(2)22(31)12-4-3-5-14(8-12)35-23-27-20(34-15-7-6-13(10-24)16(25)9-15)18-21(28-23)36-17(11-37(32)33)19(30)26-18/h3-9,11,17H,25H2,1-2H3,(H,26,30). The lowest BCUT2D eigenvalue weighted by Crippen LogP contribution is -2.39. The highest BCUT2D eigenvalue weighted by Crippen LogP contribution is 2.40. The van der Waals surface area contributed by atoms with Crippen LogP contribution in [0.15, 0.2) is 42.5 Å². The van der Waals surface area contributed by atoms with Crippen molar-refractivity contribution in [1.29, 1.82) is 5.26 Å². The van der Waals surface area contributed by atoms with Crippen LogP contribution in [-0.4, -0.2) is 60.7 Å². The van der Waals surface area contributed by atoms with Crippen molar-refractivity contribution < 1.29 is 32.2 Å². The van der Waals surface area contributed by atoms with Crippen LogP contribution >= 0.6 is 0 Å². The molecule has 1 aliphatic rings. The number of rotatable bonds is 6. The molecule has 0 bridgehead atoms. The van der Waals surface area contributed by atoms with Crippen molar-refractivity contribution in [3.63, 3.8) is 0 Å². The first-order chi connectivity index (χ1) is 17.6. The Balaban J connectivity index is 1.75. The predicted molar refractivity (Wildman–Crippen MR) is 130 cm³/mol. The molecule has 1 unspecified atom stereocenters. The summed E-state index contributed by atoms with van der Waals surface area (Å²) in [5.74, 6) is -1.11. The number of fused-ring (bicyclic) bond motifs is 1. The maximum Gasteiger partial charge on any atom is 0.328 e. The fraction of sp³-hybridized carbons (Fsp3) is 0.130. The van der Waals surface area contributed by atoms with Crippen molar-refractivity contribution in [1.82, 2.24) is 14.9 Å². The number of carbonyl (C=O) groups is 2. The van der Waals surface area contributed by atoms with Gasteiger partial charge in [0.15, 0.2) is 5.69 Å². The Bertz CT molecular complexity index is 1590. The maximum atomic E-state index is 12.4. The second-order valence-corrected chi connectivity index (χ2v) is 8.50. The Hall–Kier alpha value is -5.16. The maximum absolute atomic E-state index is 12.4. The number of nitrogens with zero attached hydrogens (tertiary/aromatic N) is 4. The molecule has 188 valence electrons.